The second kappa shape index (κ2) is 10.3. The number of rotatable bonds is 5. The highest BCUT2D eigenvalue weighted by Gasteiger charge is 2.33. The highest BCUT2D eigenvalue weighted by Crippen LogP contribution is 2.31. The second-order valence-electron chi connectivity index (χ2n) is 10.2. The molecule has 4 aromatic rings. The lowest BCUT2D eigenvalue weighted by Crippen LogP contribution is -2.39. The lowest BCUT2D eigenvalue weighted by Gasteiger charge is -2.24. The predicted octanol–water partition coefficient (Wildman–Crippen LogP) is 5.13. The lowest BCUT2D eigenvalue weighted by molar-refractivity contribution is -0.139. The fourth-order valence-electron chi connectivity index (χ4n) is 5.36. The van der Waals surface area contributed by atoms with Crippen molar-refractivity contribution in [2.24, 2.45) is 4.99 Å². The first kappa shape index (κ1) is 26.6. The summed E-state index contributed by atoms with van der Waals surface area (Å²) in [7, 11) is 0. The van der Waals surface area contributed by atoms with E-state index in [1.807, 2.05) is 44.2 Å². The number of ether oxygens (including phenoxy) is 1. The maximum absolute atomic E-state index is 14.0. The van der Waals surface area contributed by atoms with Crippen LogP contribution in [0, 0.1) is 34.6 Å². The minimum absolute atomic E-state index is 0.171. The molecule has 1 aliphatic heterocycles. The van der Waals surface area contributed by atoms with E-state index in [1.54, 1.807) is 11.5 Å². The molecule has 0 fully saturated rings. The van der Waals surface area contributed by atoms with Crippen molar-refractivity contribution in [3.63, 3.8) is 0 Å². The van der Waals surface area contributed by atoms with Gasteiger partial charge >= 0.3 is 5.97 Å². The standard InChI is InChI=1S/C32H33N3O3S/c1-8-38-31(37)28-22(6)33-32-35(29(28)24-12-9-18(2)10-13-24)30(36)27(39-32)17-25-16-21(5)34(23(25)7)26-14-11-19(3)15-20(26)4/h9-17,29H,8H2,1-7H3/b27-17+/t29-/m0/s1. The van der Waals surface area contributed by atoms with Crippen molar-refractivity contribution in [1.82, 2.24) is 9.13 Å². The van der Waals surface area contributed by atoms with E-state index < -0.39 is 12.0 Å². The van der Waals surface area contributed by atoms with Crippen LogP contribution in [0.15, 0.2) is 69.6 Å². The number of allylic oxidation sites excluding steroid dienone is 1. The molecular formula is C32H33N3O3S. The maximum atomic E-state index is 14.0. The van der Waals surface area contributed by atoms with Crippen molar-refractivity contribution in [2.45, 2.75) is 54.5 Å². The van der Waals surface area contributed by atoms with Gasteiger partial charge in [-0.1, -0.05) is 58.9 Å². The summed E-state index contributed by atoms with van der Waals surface area (Å²) < 4.78 is 9.84. The van der Waals surface area contributed by atoms with Crippen molar-refractivity contribution in [3.8, 4) is 5.69 Å². The summed E-state index contributed by atoms with van der Waals surface area (Å²) in [6.07, 6.45) is 1.95. The smallest absolute Gasteiger partial charge is 0.338 e. The van der Waals surface area contributed by atoms with Gasteiger partial charge in [0, 0.05) is 17.1 Å². The molecule has 1 aliphatic rings. The Morgan fingerprint density at radius 1 is 1.00 bits per heavy atom. The van der Waals surface area contributed by atoms with Crippen LogP contribution in [-0.2, 0) is 9.53 Å². The number of nitrogens with zero attached hydrogens (tertiary/aromatic N) is 3. The minimum atomic E-state index is -0.606. The second-order valence-corrected chi connectivity index (χ2v) is 11.2. The number of carbonyl (C=O) groups is 1. The molecule has 39 heavy (non-hydrogen) atoms. The zero-order valence-electron chi connectivity index (χ0n) is 23.5. The van der Waals surface area contributed by atoms with E-state index in [4.69, 9.17) is 9.73 Å². The quantitative estimate of drug-likeness (QED) is 0.330. The molecule has 1 atom stereocenters. The fourth-order valence-corrected chi connectivity index (χ4v) is 6.40. The Morgan fingerprint density at radius 2 is 1.69 bits per heavy atom. The Balaban J connectivity index is 1.69. The van der Waals surface area contributed by atoms with Crippen LogP contribution >= 0.6 is 11.3 Å². The number of esters is 1. The molecule has 200 valence electrons. The number of aromatic nitrogens is 2. The van der Waals surface area contributed by atoms with Gasteiger partial charge in [-0.3, -0.25) is 9.36 Å². The number of aryl methyl sites for hydroxylation is 4. The van der Waals surface area contributed by atoms with Gasteiger partial charge in [0.2, 0.25) is 0 Å². The molecule has 7 heteroatoms. The molecule has 3 heterocycles. The van der Waals surface area contributed by atoms with Gasteiger partial charge in [-0.15, -0.1) is 0 Å². The fraction of sp³-hybridized carbons (Fsp3) is 0.281. The van der Waals surface area contributed by atoms with Gasteiger partial charge in [0.05, 0.1) is 28.5 Å². The van der Waals surface area contributed by atoms with E-state index in [9.17, 15) is 9.59 Å². The summed E-state index contributed by atoms with van der Waals surface area (Å²) in [6, 6.07) is 15.9. The third-order valence-corrected chi connectivity index (χ3v) is 8.24. The van der Waals surface area contributed by atoms with Gasteiger partial charge in [-0.25, -0.2) is 9.79 Å². The van der Waals surface area contributed by atoms with Crippen molar-refractivity contribution in [3.05, 3.63) is 119 Å². The van der Waals surface area contributed by atoms with E-state index in [1.165, 1.54) is 22.5 Å². The molecule has 2 aromatic heterocycles. The molecule has 0 spiro atoms. The Kier molecular flexibility index (Phi) is 7.03. The molecule has 0 radical (unpaired) electrons. The van der Waals surface area contributed by atoms with Crippen LogP contribution in [0.1, 0.15) is 59.1 Å². The largest absolute Gasteiger partial charge is 0.463 e. The topological polar surface area (TPSA) is 65.6 Å². The van der Waals surface area contributed by atoms with Gasteiger partial charge in [0.25, 0.3) is 5.56 Å². The molecule has 0 amide bonds. The number of hydrogen-bond donors (Lipinski definition) is 0. The van der Waals surface area contributed by atoms with Crippen molar-refractivity contribution in [2.75, 3.05) is 6.61 Å². The Labute approximate surface area is 232 Å². The molecular weight excluding hydrogens is 506 g/mol. The van der Waals surface area contributed by atoms with Crippen molar-refractivity contribution >= 4 is 23.4 Å². The van der Waals surface area contributed by atoms with Gasteiger partial charge in [-0.2, -0.15) is 0 Å². The molecule has 0 aliphatic carbocycles. The van der Waals surface area contributed by atoms with Crippen molar-refractivity contribution in [1.29, 1.82) is 0 Å². The van der Waals surface area contributed by atoms with Gasteiger partial charge in [0.15, 0.2) is 4.80 Å². The molecule has 2 aromatic carbocycles. The van der Waals surface area contributed by atoms with Crippen molar-refractivity contribution < 1.29 is 9.53 Å². The van der Waals surface area contributed by atoms with Crippen LogP contribution in [0.2, 0.25) is 0 Å². The summed E-state index contributed by atoms with van der Waals surface area (Å²) in [5.74, 6) is -0.449. The number of benzene rings is 2. The minimum Gasteiger partial charge on any atom is -0.463 e. The van der Waals surface area contributed by atoms with Crippen LogP contribution in [0.4, 0.5) is 0 Å². The average molecular weight is 540 g/mol. The highest BCUT2D eigenvalue weighted by atomic mass is 32.1. The van der Waals surface area contributed by atoms with Crippen LogP contribution in [0.3, 0.4) is 0 Å². The van der Waals surface area contributed by atoms with Crippen LogP contribution < -0.4 is 14.9 Å². The summed E-state index contributed by atoms with van der Waals surface area (Å²) in [4.78, 5) is 32.3. The van der Waals surface area contributed by atoms with Gasteiger partial charge in [0.1, 0.15) is 0 Å². The van der Waals surface area contributed by atoms with E-state index in [0.717, 1.165) is 33.8 Å². The summed E-state index contributed by atoms with van der Waals surface area (Å²) in [5, 5.41) is 0. The maximum Gasteiger partial charge on any atom is 0.338 e. The molecule has 0 N–H and O–H groups in total. The third kappa shape index (κ3) is 4.72. The third-order valence-electron chi connectivity index (χ3n) is 7.26. The molecule has 5 rings (SSSR count). The summed E-state index contributed by atoms with van der Waals surface area (Å²) in [6.45, 7) is 14.2. The molecule has 0 saturated heterocycles. The molecule has 0 saturated carbocycles. The molecule has 6 nitrogen and oxygen atoms in total. The van der Waals surface area contributed by atoms with Crippen LogP contribution in [0.25, 0.3) is 11.8 Å². The number of hydrogen-bond acceptors (Lipinski definition) is 5. The SMILES string of the molecule is CCOC(=O)C1=C(C)N=c2s/c(=C/c3cc(C)n(-c4ccc(C)cc4C)c3C)c(=O)n2[C@H]1c1ccc(C)cc1. The van der Waals surface area contributed by atoms with Crippen LogP contribution in [-0.4, -0.2) is 21.7 Å². The van der Waals surface area contributed by atoms with E-state index in [2.05, 4.69) is 56.5 Å². The normalized spacial score (nSPS) is 15.4. The first-order valence-electron chi connectivity index (χ1n) is 13.1. The Bertz CT molecular complexity index is 1820. The zero-order chi connectivity index (χ0) is 28.0. The summed E-state index contributed by atoms with van der Waals surface area (Å²) >= 11 is 1.35. The molecule has 0 bridgehead atoms. The average Bonchev–Trinajstić information content (AvgIpc) is 3.33. The first-order valence-corrected chi connectivity index (χ1v) is 13.9. The number of carbonyl (C=O) groups excluding carboxylic acids is 1. The van der Waals surface area contributed by atoms with Gasteiger partial charge < -0.3 is 9.30 Å². The number of thiazole rings is 1. The van der Waals surface area contributed by atoms with Crippen LogP contribution in [0.5, 0.6) is 0 Å². The zero-order valence-corrected chi connectivity index (χ0v) is 24.3. The monoisotopic (exact) mass is 539 g/mol. The van der Waals surface area contributed by atoms with E-state index in [-0.39, 0.29) is 12.2 Å². The predicted molar refractivity (Wildman–Crippen MR) is 156 cm³/mol. The molecule has 0 unspecified atom stereocenters. The van der Waals surface area contributed by atoms with E-state index >= 15 is 0 Å². The van der Waals surface area contributed by atoms with Gasteiger partial charge in [-0.05, 0) is 83.4 Å². The first-order chi connectivity index (χ1) is 18.6. The number of fused-ring (bicyclic) bond motifs is 1. The summed E-state index contributed by atoms with van der Waals surface area (Å²) in [5.41, 5.74) is 9.42. The van der Waals surface area contributed by atoms with E-state index in [0.29, 0.717) is 20.6 Å². The lowest BCUT2D eigenvalue weighted by atomic mass is 9.95. The Morgan fingerprint density at radius 3 is 2.36 bits per heavy atom. The Hall–Kier alpha value is -3.97. The highest BCUT2D eigenvalue weighted by molar-refractivity contribution is 7.07.